The van der Waals surface area contributed by atoms with E-state index in [1.165, 1.54) is 18.2 Å². The van der Waals surface area contributed by atoms with E-state index in [9.17, 15) is 13.2 Å². The quantitative estimate of drug-likeness (QED) is 0.623. The topological polar surface area (TPSA) is 96.6 Å². The van der Waals surface area contributed by atoms with Gasteiger partial charge in [-0.1, -0.05) is 13.8 Å². The van der Waals surface area contributed by atoms with E-state index in [0.717, 1.165) is 6.07 Å². The third-order valence-corrected chi connectivity index (χ3v) is 2.67. The first-order valence-electron chi connectivity index (χ1n) is 5.32. The van der Waals surface area contributed by atoms with Gasteiger partial charge in [-0.25, -0.2) is 0 Å². The van der Waals surface area contributed by atoms with Gasteiger partial charge in [0.2, 0.25) is 11.0 Å². The monoisotopic (exact) mass is 273 g/mol. The summed E-state index contributed by atoms with van der Waals surface area (Å²) in [6.45, 7) is 4.49. The fourth-order valence-electron chi connectivity index (χ4n) is 1.08. The minimum Gasteiger partial charge on any atom is -0.443 e. The Bertz CT molecular complexity index is 542. The lowest BCUT2D eigenvalue weighted by atomic mass is 10.2. The normalized spacial score (nSPS) is 12.2. The number of amides is 1. The number of rotatable bonds is 5. The highest BCUT2D eigenvalue weighted by Crippen LogP contribution is 2.14. The van der Waals surface area contributed by atoms with Gasteiger partial charge >= 0.3 is 10.1 Å². The fraction of sp³-hybridized carbons (Fsp3) is 0.364. The van der Waals surface area contributed by atoms with Gasteiger partial charge in [0.05, 0.1) is 0 Å². The Balaban J connectivity index is 2.62. The molecule has 0 radical (unpaired) electrons. The number of carbonyl (C=O) groups excluding carboxylic acids is 1. The Morgan fingerprint density at radius 1 is 1.50 bits per heavy atom. The zero-order chi connectivity index (χ0) is 13.8. The van der Waals surface area contributed by atoms with E-state index >= 15 is 0 Å². The Labute approximate surface area is 105 Å². The lowest BCUT2D eigenvalue weighted by Gasteiger charge is -2.03. The molecular weight excluding hydrogens is 258 g/mol. The van der Waals surface area contributed by atoms with Crippen LogP contribution in [-0.2, 0) is 14.9 Å². The van der Waals surface area contributed by atoms with Crippen LogP contribution in [-0.4, -0.2) is 25.4 Å². The second-order valence-corrected chi connectivity index (χ2v) is 5.46. The van der Waals surface area contributed by atoms with Gasteiger partial charge in [0.25, 0.3) is 0 Å². The lowest BCUT2D eigenvalue weighted by Crippen LogP contribution is -2.25. The molecule has 0 bridgehead atoms. The van der Waals surface area contributed by atoms with Crippen molar-refractivity contribution < 1.29 is 22.2 Å². The molecule has 1 amide bonds. The molecule has 0 aliphatic heterocycles. The first-order valence-corrected chi connectivity index (χ1v) is 6.76. The molecule has 7 heteroatoms. The summed E-state index contributed by atoms with van der Waals surface area (Å²) in [5, 5.41) is 2.10. The van der Waals surface area contributed by atoms with Crippen molar-refractivity contribution in [2.24, 2.45) is 5.92 Å². The van der Waals surface area contributed by atoms with E-state index in [-0.39, 0.29) is 11.7 Å². The standard InChI is InChI=1S/C11H15NO5S/c1-8(2)7-12-10(13)5-3-9-4-6-11(17-9)18(14,15)16/h3-6,8H,7H2,1-2H3,(H,12,13)(H,14,15,16). The minimum absolute atomic E-state index is 0.169. The van der Waals surface area contributed by atoms with E-state index in [2.05, 4.69) is 5.32 Å². The van der Waals surface area contributed by atoms with E-state index in [4.69, 9.17) is 8.97 Å². The molecule has 6 nitrogen and oxygen atoms in total. The molecule has 0 saturated heterocycles. The summed E-state index contributed by atoms with van der Waals surface area (Å²) in [6.07, 6.45) is 2.55. The van der Waals surface area contributed by atoms with Gasteiger partial charge in [0.15, 0.2) is 0 Å². The van der Waals surface area contributed by atoms with Gasteiger partial charge in [0.1, 0.15) is 5.76 Å². The van der Waals surface area contributed by atoms with Crippen molar-refractivity contribution in [3.05, 3.63) is 24.0 Å². The van der Waals surface area contributed by atoms with Crippen molar-refractivity contribution in [1.82, 2.24) is 5.32 Å². The number of nitrogens with one attached hydrogen (secondary N) is 1. The molecule has 0 aromatic carbocycles. The van der Waals surface area contributed by atoms with Crippen LogP contribution in [0.3, 0.4) is 0 Å². The molecule has 0 aliphatic rings. The van der Waals surface area contributed by atoms with Crippen molar-refractivity contribution in [3.63, 3.8) is 0 Å². The molecule has 2 N–H and O–H groups in total. The van der Waals surface area contributed by atoms with Gasteiger partial charge < -0.3 is 9.73 Å². The smallest absolute Gasteiger partial charge is 0.328 e. The van der Waals surface area contributed by atoms with E-state index in [0.29, 0.717) is 12.5 Å². The van der Waals surface area contributed by atoms with Crippen LogP contribution in [0.5, 0.6) is 0 Å². The predicted molar refractivity (Wildman–Crippen MR) is 65.4 cm³/mol. The van der Waals surface area contributed by atoms with Crippen molar-refractivity contribution in [2.75, 3.05) is 6.54 Å². The summed E-state index contributed by atoms with van der Waals surface area (Å²) in [7, 11) is -4.34. The van der Waals surface area contributed by atoms with Crippen molar-refractivity contribution in [3.8, 4) is 0 Å². The Hall–Kier alpha value is -1.60. The van der Waals surface area contributed by atoms with Gasteiger partial charge in [-0.15, -0.1) is 0 Å². The van der Waals surface area contributed by atoms with Crippen LogP contribution in [0, 0.1) is 5.92 Å². The van der Waals surface area contributed by atoms with Gasteiger partial charge in [-0.2, -0.15) is 8.42 Å². The van der Waals surface area contributed by atoms with Crippen LogP contribution in [0.15, 0.2) is 27.7 Å². The number of furan rings is 1. The first kappa shape index (κ1) is 14.5. The zero-order valence-electron chi connectivity index (χ0n) is 10.1. The van der Waals surface area contributed by atoms with Crippen molar-refractivity contribution in [2.45, 2.75) is 18.9 Å². The molecule has 1 rings (SSSR count). The second-order valence-electron chi connectivity index (χ2n) is 4.10. The maximum Gasteiger partial charge on any atom is 0.328 e. The summed E-state index contributed by atoms with van der Waals surface area (Å²) in [6, 6.07) is 2.45. The molecule has 0 unspecified atom stereocenters. The van der Waals surface area contributed by atoms with Crippen LogP contribution in [0.1, 0.15) is 19.6 Å². The average Bonchev–Trinajstić information content (AvgIpc) is 2.71. The van der Waals surface area contributed by atoms with Gasteiger partial charge in [0, 0.05) is 12.6 Å². The number of hydrogen-bond donors (Lipinski definition) is 2. The van der Waals surface area contributed by atoms with Crippen molar-refractivity contribution in [1.29, 1.82) is 0 Å². The van der Waals surface area contributed by atoms with Crippen LogP contribution >= 0.6 is 0 Å². The Morgan fingerprint density at radius 2 is 2.17 bits per heavy atom. The predicted octanol–water partition coefficient (Wildman–Crippen LogP) is 1.31. The molecule has 1 heterocycles. The molecular formula is C11H15NO5S. The average molecular weight is 273 g/mol. The second kappa shape index (κ2) is 5.83. The summed E-state index contributed by atoms with van der Waals surface area (Å²) in [4.78, 5) is 11.3. The highest BCUT2D eigenvalue weighted by atomic mass is 32.2. The molecule has 18 heavy (non-hydrogen) atoms. The van der Waals surface area contributed by atoms with Crippen LogP contribution < -0.4 is 5.32 Å². The third kappa shape index (κ3) is 4.72. The Kier molecular flexibility index (Phi) is 4.69. The van der Waals surface area contributed by atoms with E-state index < -0.39 is 15.2 Å². The number of hydrogen-bond acceptors (Lipinski definition) is 4. The molecule has 1 aromatic rings. The highest BCUT2D eigenvalue weighted by Gasteiger charge is 2.13. The molecule has 100 valence electrons. The van der Waals surface area contributed by atoms with Gasteiger partial charge in [-0.05, 0) is 24.1 Å². The summed E-state index contributed by atoms with van der Waals surface area (Å²) < 4.78 is 35.0. The largest absolute Gasteiger partial charge is 0.443 e. The third-order valence-electron chi connectivity index (χ3n) is 1.94. The highest BCUT2D eigenvalue weighted by molar-refractivity contribution is 7.85. The van der Waals surface area contributed by atoms with Crippen molar-refractivity contribution >= 4 is 22.1 Å². The molecule has 0 spiro atoms. The molecule has 0 saturated carbocycles. The van der Waals surface area contributed by atoms with Crippen LogP contribution in [0.2, 0.25) is 0 Å². The maximum absolute atomic E-state index is 11.3. The van der Waals surface area contributed by atoms with E-state index in [1.807, 2.05) is 13.8 Å². The summed E-state index contributed by atoms with van der Waals surface area (Å²) in [5.41, 5.74) is 0. The summed E-state index contributed by atoms with van der Waals surface area (Å²) in [5.74, 6) is 0.216. The number of carbonyl (C=O) groups is 1. The van der Waals surface area contributed by atoms with Gasteiger partial charge in [-0.3, -0.25) is 9.35 Å². The SMILES string of the molecule is CC(C)CNC(=O)C=Cc1ccc(S(=O)(=O)O)o1. The summed E-state index contributed by atoms with van der Waals surface area (Å²) >= 11 is 0. The zero-order valence-corrected chi connectivity index (χ0v) is 10.9. The van der Waals surface area contributed by atoms with Crippen LogP contribution in [0.4, 0.5) is 0 Å². The molecule has 0 atom stereocenters. The maximum atomic E-state index is 11.3. The lowest BCUT2D eigenvalue weighted by molar-refractivity contribution is -0.116. The van der Waals surface area contributed by atoms with E-state index in [1.54, 1.807) is 0 Å². The fourth-order valence-corrected chi connectivity index (χ4v) is 1.53. The minimum atomic E-state index is -4.34. The van der Waals surface area contributed by atoms with Crippen LogP contribution in [0.25, 0.3) is 6.08 Å². The molecule has 1 aromatic heterocycles. The molecule has 0 aliphatic carbocycles. The first-order chi connectivity index (χ1) is 8.29. The molecule has 0 fully saturated rings. The Morgan fingerprint density at radius 3 is 2.67 bits per heavy atom.